The van der Waals surface area contributed by atoms with E-state index in [1.165, 1.54) is 4.90 Å². The Labute approximate surface area is 98.4 Å². The van der Waals surface area contributed by atoms with Crippen LogP contribution in [0, 0.1) is 5.92 Å². The number of nitrogens with two attached hydrogens (primary N) is 1. The summed E-state index contributed by atoms with van der Waals surface area (Å²) >= 11 is 0.370. The molecule has 1 aromatic rings. The maximum Gasteiger partial charge on any atom is 0.445 e. The van der Waals surface area contributed by atoms with Crippen molar-refractivity contribution >= 4 is 22.4 Å². The van der Waals surface area contributed by atoms with E-state index in [9.17, 15) is 18.0 Å². The van der Waals surface area contributed by atoms with Gasteiger partial charge in [-0.05, 0) is 12.5 Å². The summed E-state index contributed by atoms with van der Waals surface area (Å²) in [4.78, 5) is 12.7. The summed E-state index contributed by atoms with van der Waals surface area (Å²) < 4.78 is 36.9. The van der Waals surface area contributed by atoms with Gasteiger partial charge in [-0.1, -0.05) is 11.3 Å². The molecule has 1 atom stereocenters. The van der Waals surface area contributed by atoms with Crippen LogP contribution in [0.25, 0.3) is 0 Å². The second-order valence-electron chi connectivity index (χ2n) is 3.70. The second-order valence-corrected chi connectivity index (χ2v) is 4.65. The molecule has 0 radical (unpaired) electrons. The van der Waals surface area contributed by atoms with Gasteiger partial charge in [0.25, 0.3) is 0 Å². The molecule has 5 nitrogen and oxygen atoms in total. The zero-order chi connectivity index (χ0) is 12.6. The third-order valence-electron chi connectivity index (χ3n) is 2.43. The first-order chi connectivity index (χ1) is 7.91. The van der Waals surface area contributed by atoms with Gasteiger partial charge in [-0.3, -0.25) is 9.69 Å². The largest absolute Gasteiger partial charge is 0.445 e. The molecule has 0 bridgehead atoms. The Morgan fingerprint density at radius 2 is 2.18 bits per heavy atom. The summed E-state index contributed by atoms with van der Waals surface area (Å²) in [5.74, 6) is -0.286. The van der Waals surface area contributed by atoms with Crippen LogP contribution in [0.2, 0.25) is 0 Å². The molecule has 9 heteroatoms. The quantitative estimate of drug-likeness (QED) is 0.862. The van der Waals surface area contributed by atoms with Crippen LogP contribution in [0.1, 0.15) is 11.4 Å². The van der Waals surface area contributed by atoms with Gasteiger partial charge in [-0.2, -0.15) is 13.2 Å². The first-order valence-electron chi connectivity index (χ1n) is 4.83. The number of nitrogens with zero attached hydrogens (tertiary/aromatic N) is 3. The lowest BCUT2D eigenvalue weighted by molar-refractivity contribution is -0.138. The van der Waals surface area contributed by atoms with E-state index in [4.69, 9.17) is 5.73 Å². The monoisotopic (exact) mass is 266 g/mol. The Kier molecular flexibility index (Phi) is 3.04. The highest BCUT2D eigenvalue weighted by Crippen LogP contribution is 2.35. The smallest absolute Gasteiger partial charge is 0.330 e. The number of aromatic nitrogens is 2. The van der Waals surface area contributed by atoms with Gasteiger partial charge >= 0.3 is 6.18 Å². The van der Waals surface area contributed by atoms with E-state index in [1.54, 1.807) is 0 Å². The molecular weight excluding hydrogens is 257 g/mol. The number of amides is 1. The average Bonchev–Trinajstić information content (AvgIpc) is 2.82. The predicted octanol–water partition coefficient (Wildman–Crippen LogP) is 0.869. The van der Waals surface area contributed by atoms with Crippen molar-refractivity contribution in [2.75, 3.05) is 18.0 Å². The molecule has 2 rings (SSSR count). The molecule has 1 aliphatic heterocycles. The zero-order valence-corrected chi connectivity index (χ0v) is 9.38. The summed E-state index contributed by atoms with van der Waals surface area (Å²) in [7, 11) is 0. The minimum absolute atomic E-state index is 0.0155. The van der Waals surface area contributed by atoms with Crippen molar-refractivity contribution in [3.05, 3.63) is 5.01 Å². The fraction of sp³-hybridized carbons (Fsp3) is 0.625. The molecule has 94 valence electrons. The van der Waals surface area contributed by atoms with Gasteiger partial charge in [-0.25, -0.2) is 0 Å². The third kappa shape index (κ3) is 2.39. The van der Waals surface area contributed by atoms with E-state index in [1.807, 2.05) is 0 Å². The van der Waals surface area contributed by atoms with Crippen LogP contribution < -0.4 is 10.6 Å². The minimum Gasteiger partial charge on any atom is -0.330 e. The Hall–Kier alpha value is -1.22. The molecular formula is C8H9F3N4OS. The van der Waals surface area contributed by atoms with Crippen LogP contribution in [-0.4, -0.2) is 29.2 Å². The van der Waals surface area contributed by atoms with E-state index >= 15 is 0 Å². The lowest BCUT2D eigenvalue weighted by Crippen LogP contribution is -2.25. The van der Waals surface area contributed by atoms with Gasteiger partial charge in [0.1, 0.15) is 0 Å². The van der Waals surface area contributed by atoms with E-state index in [2.05, 4.69) is 10.2 Å². The molecule has 1 aliphatic rings. The average molecular weight is 266 g/mol. The zero-order valence-electron chi connectivity index (χ0n) is 8.57. The Balaban J connectivity index is 2.19. The maximum absolute atomic E-state index is 12.3. The standard InChI is InChI=1S/C8H9F3N4OS/c9-8(10,11)6-13-14-7(17-6)15-3-4(2-12)1-5(15)16/h4H,1-3,12H2. The molecule has 2 N–H and O–H groups in total. The number of hydrogen-bond acceptors (Lipinski definition) is 5. The van der Waals surface area contributed by atoms with Crippen LogP contribution in [0.4, 0.5) is 18.3 Å². The maximum atomic E-state index is 12.3. The Bertz CT molecular complexity index is 433. The molecule has 17 heavy (non-hydrogen) atoms. The molecule has 0 aliphatic carbocycles. The molecule has 1 fully saturated rings. The number of carbonyl (C=O) groups excluding carboxylic acids is 1. The van der Waals surface area contributed by atoms with Crippen molar-refractivity contribution in [2.45, 2.75) is 12.6 Å². The number of hydrogen-bond donors (Lipinski definition) is 1. The minimum atomic E-state index is -4.52. The normalized spacial score (nSPS) is 21.3. The molecule has 0 aromatic carbocycles. The Morgan fingerprint density at radius 1 is 1.47 bits per heavy atom. The first-order valence-corrected chi connectivity index (χ1v) is 5.64. The molecule has 2 heterocycles. The summed E-state index contributed by atoms with van der Waals surface area (Å²) in [6.07, 6.45) is -4.27. The third-order valence-corrected chi connectivity index (χ3v) is 3.42. The highest BCUT2D eigenvalue weighted by Gasteiger charge is 2.38. The molecule has 1 unspecified atom stereocenters. The predicted molar refractivity (Wildman–Crippen MR) is 54.4 cm³/mol. The van der Waals surface area contributed by atoms with Crippen LogP contribution in [-0.2, 0) is 11.0 Å². The van der Waals surface area contributed by atoms with Gasteiger partial charge in [-0.15, -0.1) is 10.2 Å². The summed E-state index contributed by atoms with van der Waals surface area (Å²) in [6.45, 7) is 0.634. The number of rotatable bonds is 2. The first kappa shape index (κ1) is 12.2. The van der Waals surface area contributed by atoms with Crippen molar-refractivity contribution in [2.24, 2.45) is 11.7 Å². The summed E-state index contributed by atoms with van der Waals surface area (Å²) in [5, 5.41) is 5.37. The van der Waals surface area contributed by atoms with Crippen molar-refractivity contribution in [3.8, 4) is 0 Å². The summed E-state index contributed by atoms with van der Waals surface area (Å²) in [5.41, 5.74) is 5.42. The highest BCUT2D eigenvalue weighted by atomic mass is 32.1. The van der Waals surface area contributed by atoms with E-state index in [0.29, 0.717) is 24.4 Å². The second kappa shape index (κ2) is 4.22. The number of alkyl halides is 3. The van der Waals surface area contributed by atoms with Crippen molar-refractivity contribution < 1.29 is 18.0 Å². The molecule has 1 saturated heterocycles. The molecule has 0 saturated carbocycles. The molecule has 1 amide bonds. The van der Waals surface area contributed by atoms with Crippen molar-refractivity contribution in [1.29, 1.82) is 0 Å². The van der Waals surface area contributed by atoms with Crippen LogP contribution in [0.15, 0.2) is 0 Å². The lowest BCUT2D eigenvalue weighted by atomic mass is 10.1. The van der Waals surface area contributed by atoms with E-state index < -0.39 is 11.2 Å². The molecule has 0 spiro atoms. The summed E-state index contributed by atoms with van der Waals surface area (Å²) in [6, 6.07) is 0. The number of halogens is 3. The van der Waals surface area contributed by atoms with E-state index in [-0.39, 0.29) is 23.4 Å². The van der Waals surface area contributed by atoms with Gasteiger partial charge in [0.05, 0.1) is 0 Å². The number of carbonyl (C=O) groups is 1. The fourth-order valence-corrected chi connectivity index (χ4v) is 2.30. The lowest BCUT2D eigenvalue weighted by Gasteiger charge is -2.11. The van der Waals surface area contributed by atoms with Gasteiger partial charge in [0.2, 0.25) is 16.0 Å². The van der Waals surface area contributed by atoms with Gasteiger partial charge in [0.15, 0.2) is 0 Å². The SMILES string of the molecule is NCC1CC(=O)N(c2nnc(C(F)(F)F)s2)C1. The topological polar surface area (TPSA) is 72.1 Å². The highest BCUT2D eigenvalue weighted by molar-refractivity contribution is 7.15. The van der Waals surface area contributed by atoms with Crippen molar-refractivity contribution in [3.63, 3.8) is 0 Å². The van der Waals surface area contributed by atoms with E-state index in [0.717, 1.165) is 0 Å². The molecule has 1 aromatic heterocycles. The number of anilines is 1. The fourth-order valence-electron chi connectivity index (χ4n) is 1.56. The Morgan fingerprint density at radius 3 is 2.65 bits per heavy atom. The van der Waals surface area contributed by atoms with Crippen LogP contribution in [0.3, 0.4) is 0 Å². The van der Waals surface area contributed by atoms with Crippen LogP contribution in [0.5, 0.6) is 0 Å². The van der Waals surface area contributed by atoms with Crippen molar-refractivity contribution in [1.82, 2.24) is 10.2 Å². The van der Waals surface area contributed by atoms with Gasteiger partial charge < -0.3 is 5.73 Å². The van der Waals surface area contributed by atoms with Crippen LogP contribution >= 0.6 is 11.3 Å². The van der Waals surface area contributed by atoms with Gasteiger partial charge in [0, 0.05) is 13.0 Å².